The molecule has 0 unspecified atom stereocenters. The standard InChI is InChI=1S/C17H25N3O6S/c1-25-14-10-13(11-15(12-14)26-2)18-16(21)4-5-17(22)19-6-8-20(9-7-19)27(3,23)24/h10-12H,4-9H2,1-3H3,(H,18,21). The Hall–Kier alpha value is -2.33. The average Bonchev–Trinajstić information content (AvgIpc) is 2.65. The van der Waals surface area contributed by atoms with E-state index in [0.29, 0.717) is 30.3 Å². The highest BCUT2D eigenvalue weighted by Crippen LogP contribution is 2.25. The number of carbonyl (C=O) groups is 2. The largest absolute Gasteiger partial charge is 0.497 e. The number of amides is 2. The van der Waals surface area contributed by atoms with Gasteiger partial charge in [0.25, 0.3) is 0 Å². The van der Waals surface area contributed by atoms with Crippen molar-refractivity contribution in [3.8, 4) is 11.5 Å². The molecule has 1 heterocycles. The third kappa shape index (κ3) is 6.10. The molecule has 1 aliphatic rings. The third-order valence-electron chi connectivity index (χ3n) is 4.26. The lowest BCUT2D eigenvalue weighted by molar-refractivity contribution is -0.133. The Morgan fingerprint density at radius 2 is 1.56 bits per heavy atom. The molecular formula is C17H25N3O6S. The van der Waals surface area contributed by atoms with Crippen LogP contribution in [0.3, 0.4) is 0 Å². The molecule has 0 aliphatic carbocycles. The molecule has 1 aliphatic heterocycles. The molecule has 0 aromatic heterocycles. The van der Waals surface area contributed by atoms with Crippen LogP contribution in [-0.4, -0.2) is 76.1 Å². The van der Waals surface area contributed by atoms with E-state index in [0.717, 1.165) is 6.26 Å². The summed E-state index contributed by atoms with van der Waals surface area (Å²) in [7, 11) is -0.203. The Kier molecular flexibility index (Phi) is 7.03. The van der Waals surface area contributed by atoms with Gasteiger partial charge in [-0.05, 0) is 0 Å². The predicted octanol–water partition coefficient (Wildman–Crippen LogP) is 0.526. The first kappa shape index (κ1) is 21.0. The van der Waals surface area contributed by atoms with Gasteiger partial charge in [0.2, 0.25) is 21.8 Å². The maximum atomic E-state index is 12.3. The maximum Gasteiger partial charge on any atom is 0.224 e. The molecule has 0 bridgehead atoms. The zero-order valence-electron chi connectivity index (χ0n) is 15.7. The smallest absolute Gasteiger partial charge is 0.224 e. The highest BCUT2D eigenvalue weighted by Gasteiger charge is 2.26. The molecule has 1 N–H and O–H groups in total. The number of carbonyl (C=O) groups excluding carboxylic acids is 2. The number of benzene rings is 1. The predicted molar refractivity (Wildman–Crippen MR) is 100 cm³/mol. The third-order valence-corrected chi connectivity index (χ3v) is 5.56. The van der Waals surface area contributed by atoms with Gasteiger partial charge in [0.05, 0.1) is 20.5 Å². The Morgan fingerprint density at radius 1 is 1.00 bits per heavy atom. The van der Waals surface area contributed by atoms with E-state index in [-0.39, 0.29) is 37.7 Å². The van der Waals surface area contributed by atoms with E-state index in [4.69, 9.17) is 9.47 Å². The van der Waals surface area contributed by atoms with Gasteiger partial charge in [-0.25, -0.2) is 8.42 Å². The normalized spacial score (nSPS) is 15.3. The van der Waals surface area contributed by atoms with Crippen molar-refractivity contribution in [1.82, 2.24) is 9.21 Å². The van der Waals surface area contributed by atoms with E-state index in [1.165, 1.54) is 18.5 Å². The number of hydrogen-bond acceptors (Lipinski definition) is 6. The molecule has 2 rings (SSSR count). The van der Waals surface area contributed by atoms with Gasteiger partial charge >= 0.3 is 0 Å². The first-order valence-corrected chi connectivity index (χ1v) is 10.3. The molecule has 1 aromatic rings. The van der Waals surface area contributed by atoms with Crippen LogP contribution < -0.4 is 14.8 Å². The Morgan fingerprint density at radius 3 is 2.04 bits per heavy atom. The summed E-state index contributed by atoms with van der Waals surface area (Å²) in [5.74, 6) is 0.629. The average molecular weight is 399 g/mol. The van der Waals surface area contributed by atoms with Gasteiger partial charge in [-0.1, -0.05) is 0 Å². The van der Waals surface area contributed by atoms with E-state index in [1.54, 1.807) is 23.1 Å². The van der Waals surface area contributed by atoms with Crippen LogP contribution in [0.15, 0.2) is 18.2 Å². The van der Waals surface area contributed by atoms with Crippen LogP contribution in [0.5, 0.6) is 11.5 Å². The second-order valence-electron chi connectivity index (χ2n) is 6.19. The number of nitrogens with one attached hydrogen (secondary N) is 1. The summed E-state index contributed by atoms with van der Waals surface area (Å²) < 4.78 is 34.6. The number of hydrogen-bond donors (Lipinski definition) is 1. The monoisotopic (exact) mass is 399 g/mol. The summed E-state index contributed by atoms with van der Waals surface area (Å²) in [6.07, 6.45) is 1.25. The van der Waals surface area contributed by atoms with E-state index in [2.05, 4.69) is 5.32 Å². The van der Waals surface area contributed by atoms with Crippen LogP contribution >= 0.6 is 0 Å². The number of methoxy groups -OCH3 is 2. The fourth-order valence-corrected chi connectivity index (χ4v) is 3.58. The lowest BCUT2D eigenvalue weighted by Crippen LogP contribution is -2.50. The SMILES string of the molecule is COc1cc(NC(=O)CCC(=O)N2CCN(S(C)(=O)=O)CC2)cc(OC)c1. The van der Waals surface area contributed by atoms with Crippen molar-refractivity contribution in [1.29, 1.82) is 0 Å². The quantitative estimate of drug-likeness (QED) is 0.717. The van der Waals surface area contributed by atoms with Crippen molar-refractivity contribution in [2.24, 2.45) is 0 Å². The molecule has 0 saturated carbocycles. The number of nitrogens with zero attached hydrogens (tertiary/aromatic N) is 2. The van der Waals surface area contributed by atoms with Gasteiger partial charge in [0.1, 0.15) is 11.5 Å². The minimum atomic E-state index is -3.24. The van der Waals surface area contributed by atoms with Gasteiger partial charge < -0.3 is 19.7 Å². The molecule has 10 heteroatoms. The molecular weight excluding hydrogens is 374 g/mol. The number of anilines is 1. The number of piperazine rings is 1. The summed E-state index contributed by atoms with van der Waals surface area (Å²) in [5, 5.41) is 2.72. The van der Waals surface area contributed by atoms with Gasteiger partial charge in [-0.2, -0.15) is 4.31 Å². The second-order valence-corrected chi connectivity index (χ2v) is 8.17. The Bertz CT molecular complexity index is 766. The topological polar surface area (TPSA) is 105 Å². The lowest BCUT2D eigenvalue weighted by atomic mass is 10.2. The number of rotatable bonds is 7. The summed E-state index contributed by atoms with van der Waals surface area (Å²) in [6.45, 7) is 1.22. The van der Waals surface area contributed by atoms with Crippen molar-refractivity contribution >= 4 is 27.5 Å². The second kappa shape index (κ2) is 9.05. The molecule has 150 valence electrons. The molecule has 0 atom stereocenters. The Labute approximate surface area is 159 Å². The van der Waals surface area contributed by atoms with Crippen LogP contribution in [0.4, 0.5) is 5.69 Å². The van der Waals surface area contributed by atoms with Gasteiger partial charge in [-0.3, -0.25) is 9.59 Å². The minimum absolute atomic E-state index is 0.0324. The van der Waals surface area contributed by atoms with Gasteiger partial charge in [0.15, 0.2) is 0 Å². The molecule has 1 fully saturated rings. The molecule has 0 spiro atoms. The minimum Gasteiger partial charge on any atom is -0.497 e. The van der Waals surface area contributed by atoms with E-state index >= 15 is 0 Å². The van der Waals surface area contributed by atoms with Crippen molar-refractivity contribution in [2.45, 2.75) is 12.8 Å². The van der Waals surface area contributed by atoms with Gasteiger partial charge in [-0.15, -0.1) is 0 Å². The summed E-state index contributed by atoms with van der Waals surface area (Å²) in [4.78, 5) is 26.0. The number of ether oxygens (including phenoxy) is 2. The fourth-order valence-electron chi connectivity index (χ4n) is 2.75. The summed E-state index contributed by atoms with van der Waals surface area (Å²) in [6, 6.07) is 5.01. The van der Waals surface area contributed by atoms with Crippen LogP contribution in [0.1, 0.15) is 12.8 Å². The molecule has 0 radical (unpaired) electrons. The summed E-state index contributed by atoms with van der Waals surface area (Å²) >= 11 is 0. The first-order valence-electron chi connectivity index (χ1n) is 8.48. The van der Waals surface area contributed by atoms with E-state index in [1.807, 2.05) is 0 Å². The van der Waals surface area contributed by atoms with E-state index < -0.39 is 10.0 Å². The van der Waals surface area contributed by atoms with Crippen molar-refractivity contribution in [3.63, 3.8) is 0 Å². The fraction of sp³-hybridized carbons (Fsp3) is 0.529. The van der Waals surface area contributed by atoms with Crippen molar-refractivity contribution in [3.05, 3.63) is 18.2 Å². The summed E-state index contributed by atoms with van der Waals surface area (Å²) in [5.41, 5.74) is 0.519. The van der Waals surface area contributed by atoms with Crippen LogP contribution in [0.25, 0.3) is 0 Å². The number of sulfonamides is 1. The van der Waals surface area contributed by atoms with Crippen LogP contribution in [-0.2, 0) is 19.6 Å². The molecule has 27 heavy (non-hydrogen) atoms. The molecule has 1 aromatic carbocycles. The van der Waals surface area contributed by atoms with E-state index in [9.17, 15) is 18.0 Å². The highest BCUT2D eigenvalue weighted by molar-refractivity contribution is 7.88. The molecule has 2 amide bonds. The van der Waals surface area contributed by atoms with Gasteiger partial charge in [0, 0.05) is 62.9 Å². The zero-order chi connectivity index (χ0) is 20.0. The first-order chi connectivity index (χ1) is 12.7. The molecule has 1 saturated heterocycles. The zero-order valence-corrected chi connectivity index (χ0v) is 16.5. The van der Waals surface area contributed by atoms with Crippen molar-refractivity contribution < 1.29 is 27.5 Å². The maximum absolute atomic E-state index is 12.3. The van der Waals surface area contributed by atoms with Crippen molar-refractivity contribution in [2.75, 3.05) is 52.0 Å². The molecule has 9 nitrogen and oxygen atoms in total. The van der Waals surface area contributed by atoms with Crippen LogP contribution in [0, 0.1) is 0 Å². The Balaban J connectivity index is 1.83. The highest BCUT2D eigenvalue weighted by atomic mass is 32.2. The lowest BCUT2D eigenvalue weighted by Gasteiger charge is -2.33. The van der Waals surface area contributed by atoms with Crippen LogP contribution in [0.2, 0.25) is 0 Å².